The highest BCUT2D eigenvalue weighted by molar-refractivity contribution is 5.96. The SMILES string of the molecule is CCOc1ncccc1C(=O)N(C)[C@H]1CC[C@@](CNC(C)=O)(c2ccccc2)CC[C@@H]1O. The molecule has 1 aromatic heterocycles. The number of aliphatic hydroxyl groups is 1. The third-order valence-corrected chi connectivity index (χ3v) is 6.44. The molecule has 1 saturated carbocycles. The molecule has 32 heavy (non-hydrogen) atoms. The summed E-state index contributed by atoms with van der Waals surface area (Å²) in [6.45, 7) is 4.28. The summed E-state index contributed by atoms with van der Waals surface area (Å²) >= 11 is 0. The van der Waals surface area contributed by atoms with E-state index in [0.717, 1.165) is 12.0 Å². The highest BCUT2D eigenvalue weighted by Gasteiger charge is 2.40. The first-order valence-electron chi connectivity index (χ1n) is 11.2. The lowest BCUT2D eigenvalue weighted by atomic mass is 9.74. The third kappa shape index (κ3) is 5.27. The van der Waals surface area contributed by atoms with Gasteiger partial charge in [0.15, 0.2) is 0 Å². The molecule has 0 aliphatic heterocycles. The lowest BCUT2D eigenvalue weighted by molar-refractivity contribution is -0.119. The first kappa shape index (κ1) is 23.7. The van der Waals surface area contributed by atoms with E-state index in [0.29, 0.717) is 43.9 Å². The lowest BCUT2D eigenvalue weighted by Crippen LogP contribution is -2.44. The number of hydrogen-bond acceptors (Lipinski definition) is 5. The van der Waals surface area contributed by atoms with Crippen molar-refractivity contribution in [2.75, 3.05) is 20.2 Å². The van der Waals surface area contributed by atoms with Crippen LogP contribution >= 0.6 is 0 Å². The van der Waals surface area contributed by atoms with Crippen molar-refractivity contribution >= 4 is 11.8 Å². The van der Waals surface area contributed by atoms with Crippen LogP contribution in [-0.2, 0) is 10.2 Å². The second-order valence-electron chi connectivity index (χ2n) is 8.47. The van der Waals surface area contributed by atoms with Gasteiger partial charge in [0, 0.05) is 32.1 Å². The van der Waals surface area contributed by atoms with E-state index in [1.54, 1.807) is 30.3 Å². The maximum Gasteiger partial charge on any atom is 0.259 e. The van der Waals surface area contributed by atoms with Crippen LogP contribution in [-0.4, -0.2) is 59.1 Å². The number of rotatable bonds is 7. The van der Waals surface area contributed by atoms with Gasteiger partial charge in [0.25, 0.3) is 5.91 Å². The van der Waals surface area contributed by atoms with Crippen molar-refractivity contribution in [3.05, 3.63) is 59.8 Å². The monoisotopic (exact) mass is 439 g/mol. The highest BCUT2D eigenvalue weighted by atomic mass is 16.5. The van der Waals surface area contributed by atoms with Gasteiger partial charge in [-0.15, -0.1) is 0 Å². The zero-order chi connectivity index (χ0) is 23.1. The number of aromatic nitrogens is 1. The molecule has 172 valence electrons. The van der Waals surface area contributed by atoms with E-state index in [4.69, 9.17) is 4.74 Å². The topological polar surface area (TPSA) is 91.8 Å². The maximum atomic E-state index is 13.3. The predicted molar refractivity (Wildman–Crippen MR) is 123 cm³/mol. The summed E-state index contributed by atoms with van der Waals surface area (Å²) < 4.78 is 5.53. The number of likely N-dealkylation sites (N-methyl/N-ethyl adjacent to an activating group) is 1. The Kier molecular flexibility index (Phi) is 7.85. The van der Waals surface area contributed by atoms with Crippen molar-refractivity contribution in [1.29, 1.82) is 0 Å². The van der Waals surface area contributed by atoms with Gasteiger partial charge < -0.3 is 20.1 Å². The standard InChI is InChI=1S/C25H33N3O4/c1-4-32-23-20(11-8-16-26-23)24(31)28(3)21-12-14-25(15-13-22(21)30,17-27-18(2)29)19-9-6-5-7-10-19/h5-11,16,21-22,30H,4,12-15,17H2,1-3H3,(H,27,29)/t21-,22-,25+/m0/s1. The summed E-state index contributed by atoms with van der Waals surface area (Å²) in [5.74, 6) is 0.00732. The number of ether oxygens (including phenoxy) is 1. The summed E-state index contributed by atoms with van der Waals surface area (Å²) in [7, 11) is 1.72. The van der Waals surface area contributed by atoms with Gasteiger partial charge in [-0.05, 0) is 50.3 Å². The number of aliphatic hydroxyl groups excluding tert-OH is 1. The van der Waals surface area contributed by atoms with Gasteiger partial charge in [0.05, 0.1) is 18.8 Å². The minimum absolute atomic E-state index is 0.0750. The third-order valence-electron chi connectivity index (χ3n) is 6.44. The molecule has 2 N–H and O–H groups in total. The molecule has 7 nitrogen and oxygen atoms in total. The molecule has 0 saturated heterocycles. The molecule has 1 fully saturated rings. The van der Waals surface area contributed by atoms with Gasteiger partial charge >= 0.3 is 0 Å². The molecule has 0 radical (unpaired) electrons. The van der Waals surface area contributed by atoms with E-state index >= 15 is 0 Å². The lowest BCUT2D eigenvalue weighted by Gasteiger charge is -2.34. The molecule has 2 aromatic rings. The highest BCUT2D eigenvalue weighted by Crippen LogP contribution is 2.39. The fraction of sp³-hybridized carbons (Fsp3) is 0.480. The smallest absolute Gasteiger partial charge is 0.259 e. The number of pyridine rings is 1. The first-order chi connectivity index (χ1) is 15.4. The molecular formula is C25H33N3O4. The number of amides is 2. The first-order valence-corrected chi connectivity index (χ1v) is 11.2. The Morgan fingerprint density at radius 1 is 1.19 bits per heavy atom. The summed E-state index contributed by atoms with van der Waals surface area (Å²) in [6.07, 6.45) is 3.53. The van der Waals surface area contributed by atoms with Gasteiger partial charge in [-0.3, -0.25) is 9.59 Å². The van der Waals surface area contributed by atoms with E-state index in [9.17, 15) is 14.7 Å². The summed E-state index contributed by atoms with van der Waals surface area (Å²) in [6, 6.07) is 13.2. The number of nitrogens with one attached hydrogen (secondary N) is 1. The van der Waals surface area contributed by atoms with Crippen molar-refractivity contribution in [1.82, 2.24) is 15.2 Å². The van der Waals surface area contributed by atoms with E-state index in [1.165, 1.54) is 6.92 Å². The Morgan fingerprint density at radius 2 is 1.91 bits per heavy atom. The normalized spacial score (nSPS) is 23.1. The summed E-state index contributed by atoms with van der Waals surface area (Å²) in [5.41, 5.74) is 1.24. The van der Waals surface area contributed by atoms with Gasteiger partial charge in [-0.2, -0.15) is 0 Å². The fourth-order valence-electron chi connectivity index (χ4n) is 4.61. The zero-order valence-corrected chi connectivity index (χ0v) is 19.1. The molecule has 1 aliphatic carbocycles. The van der Waals surface area contributed by atoms with Crippen molar-refractivity contribution in [2.24, 2.45) is 0 Å². The molecule has 7 heteroatoms. The maximum absolute atomic E-state index is 13.3. The van der Waals surface area contributed by atoms with Gasteiger partial charge in [0.2, 0.25) is 11.8 Å². The van der Waals surface area contributed by atoms with E-state index in [2.05, 4.69) is 22.4 Å². The molecule has 1 aliphatic rings. The van der Waals surface area contributed by atoms with Crippen LogP contribution in [0.15, 0.2) is 48.7 Å². The van der Waals surface area contributed by atoms with Crippen molar-refractivity contribution in [2.45, 2.75) is 57.1 Å². The number of benzene rings is 1. The van der Waals surface area contributed by atoms with Crippen LogP contribution in [0.1, 0.15) is 55.5 Å². The summed E-state index contributed by atoms with van der Waals surface area (Å²) in [4.78, 5) is 30.8. The predicted octanol–water partition coefficient (Wildman–Crippen LogP) is 2.93. The second-order valence-corrected chi connectivity index (χ2v) is 8.47. The average Bonchev–Trinajstić information content (AvgIpc) is 2.97. The van der Waals surface area contributed by atoms with Gasteiger partial charge in [0.1, 0.15) is 5.56 Å². The average molecular weight is 440 g/mol. The molecule has 0 bridgehead atoms. The van der Waals surface area contributed by atoms with Crippen LogP contribution in [0.4, 0.5) is 0 Å². The Bertz CT molecular complexity index is 920. The van der Waals surface area contributed by atoms with E-state index < -0.39 is 6.10 Å². The Labute approximate surface area is 189 Å². The molecule has 1 heterocycles. The van der Waals surface area contributed by atoms with Crippen LogP contribution in [0.5, 0.6) is 5.88 Å². The van der Waals surface area contributed by atoms with E-state index in [1.807, 2.05) is 25.1 Å². The minimum atomic E-state index is -0.668. The largest absolute Gasteiger partial charge is 0.477 e. The van der Waals surface area contributed by atoms with Crippen LogP contribution in [0.2, 0.25) is 0 Å². The van der Waals surface area contributed by atoms with Crippen LogP contribution in [0.3, 0.4) is 0 Å². The van der Waals surface area contributed by atoms with Crippen molar-refractivity contribution < 1.29 is 19.4 Å². The number of hydrogen-bond donors (Lipinski definition) is 2. The molecule has 2 amide bonds. The van der Waals surface area contributed by atoms with Crippen molar-refractivity contribution in [3.8, 4) is 5.88 Å². The molecule has 1 aromatic carbocycles. The summed E-state index contributed by atoms with van der Waals surface area (Å²) in [5, 5.41) is 14.0. The molecule has 3 atom stereocenters. The van der Waals surface area contributed by atoms with E-state index in [-0.39, 0.29) is 23.3 Å². The number of nitrogens with zero attached hydrogens (tertiary/aromatic N) is 2. The van der Waals surface area contributed by atoms with Crippen molar-refractivity contribution in [3.63, 3.8) is 0 Å². The Balaban J connectivity index is 1.84. The van der Waals surface area contributed by atoms with Gasteiger partial charge in [-0.1, -0.05) is 30.3 Å². The fourth-order valence-corrected chi connectivity index (χ4v) is 4.61. The zero-order valence-electron chi connectivity index (χ0n) is 19.1. The number of carbonyl (C=O) groups excluding carboxylic acids is 2. The van der Waals surface area contributed by atoms with Crippen LogP contribution < -0.4 is 10.1 Å². The van der Waals surface area contributed by atoms with Crippen LogP contribution in [0, 0.1) is 0 Å². The Morgan fingerprint density at radius 3 is 2.59 bits per heavy atom. The second kappa shape index (κ2) is 10.6. The Hall–Kier alpha value is -2.93. The molecule has 0 unspecified atom stereocenters. The quantitative estimate of drug-likeness (QED) is 0.647. The minimum Gasteiger partial charge on any atom is -0.477 e. The molecule has 0 spiro atoms. The molecular weight excluding hydrogens is 406 g/mol. The van der Waals surface area contributed by atoms with Gasteiger partial charge in [-0.25, -0.2) is 4.98 Å². The van der Waals surface area contributed by atoms with Crippen LogP contribution in [0.25, 0.3) is 0 Å². The molecule has 3 rings (SSSR count). The number of carbonyl (C=O) groups is 2.